The number of carbonyl (C=O) groups is 1. The Hall–Kier alpha value is -0.570. The highest BCUT2D eigenvalue weighted by molar-refractivity contribution is 5.74. The Morgan fingerprint density at radius 3 is 2.67 bits per heavy atom. The summed E-state index contributed by atoms with van der Waals surface area (Å²) in [5.41, 5.74) is 0.416. The Morgan fingerprint density at radius 2 is 2.33 bits per heavy atom. The van der Waals surface area contributed by atoms with E-state index >= 15 is 0 Å². The predicted octanol–water partition coefficient (Wildman–Crippen LogP) is 0.945. The minimum atomic E-state index is -0.638. The summed E-state index contributed by atoms with van der Waals surface area (Å²) in [5.74, 6) is -0.638. The predicted molar refractivity (Wildman–Crippen MR) is 45.0 cm³/mol. The Labute approximate surface area is 72.4 Å². The van der Waals surface area contributed by atoms with Crippen molar-refractivity contribution < 1.29 is 9.90 Å². The third-order valence-corrected chi connectivity index (χ3v) is 3.25. The average Bonchev–Trinajstić information content (AvgIpc) is 2.62. The normalized spacial score (nSPS) is 32.6. The van der Waals surface area contributed by atoms with Crippen molar-refractivity contribution in [1.29, 1.82) is 0 Å². The molecule has 0 amide bonds. The minimum Gasteiger partial charge on any atom is -0.480 e. The van der Waals surface area contributed by atoms with Crippen LogP contribution in [0.4, 0.5) is 0 Å². The van der Waals surface area contributed by atoms with Crippen molar-refractivity contribution in [3.63, 3.8) is 0 Å². The summed E-state index contributed by atoms with van der Waals surface area (Å²) in [4.78, 5) is 12.9. The highest BCUT2D eigenvalue weighted by Crippen LogP contribution is 2.54. The van der Waals surface area contributed by atoms with E-state index in [-0.39, 0.29) is 6.04 Å². The van der Waals surface area contributed by atoms with Gasteiger partial charge in [0, 0.05) is 6.54 Å². The van der Waals surface area contributed by atoms with Gasteiger partial charge in [-0.1, -0.05) is 6.92 Å². The zero-order valence-corrected chi connectivity index (χ0v) is 7.42. The molecule has 0 aromatic carbocycles. The molecule has 1 saturated heterocycles. The lowest BCUT2D eigenvalue weighted by atomic mass is 10.0. The first-order valence-corrected chi connectivity index (χ1v) is 4.64. The Bertz CT molecular complexity index is 211. The molecule has 2 aliphatic rings. The van der Waals surface area contributed by atoms with Crippen molar-refractivity contribution in [1.82, 2.24) is 4.90 Å². The lowest BCUT2D eigenvalue weighted by Gasteiger charge is -2.17. The van der Waals surface area contributed by atoms with Gasteiger partial charge >= 0.3 is 5.97 Å². The van der Waals surface area contributed by atoms with Crippen molar-refractivity contribution in [3.05, 3.63) is 0 Å². The van der Waals surface area contributed by atoms with Crippen LogP contribution in [0.25, 0.3) is 0 Å². The van der Waals surface area contributed by atoms with E-state index in [0.29, 0.717) is 5.41 Å². The number of hydrogen-bond donors (Lipinski definition) is 1. The maximum atomic E-state index is 10.8. The molecule has 1 spiro atoms. The molecule has 1 heterocycles. The Morgan fingerprint density at radius 1 is 1.67 bits per heavy atom. The third kappa shape index (κ3) is 1.12. The summed E-state index contributed by atoms with van der Waals surface area (Å²) in [6.45, 7) is 3.93. The van der Waals surface area contributed by atoms with Gasteiger partial charge in [-0.15, -0.1) is 0 Å². The minimum absolute atomic E-state index is 0.197. The zero-order valence-electron chi connectivity index (χ0n) is 7.42. The maximum Gasteiger partial charge on any atom is 0.320 e. The van der Waals surface area contributed by atoms with Crippen molar-refractivity contribution in [2.75, 3.05) is 13.1 Å². The first-order chi connectivity index (χ1) is 5.67. The van der Waals surface area contributed by atoms with Gasteiger partial charge in [-0.2, -0.15) is 0 Å². The average molecular weight is 169 g/mol. The number of nitrogens with zero attached hydrogens (tertiary/aromatic N) is 1. The lowest BCUT2D eigenvalue weighted by Crippen LogP contribution is -2.35. The highest BCUT2D eigenvalue weighted by Gasteiger charge is 2.53. The fourth-order valence-corrected chi connectivity index (χ4v) is 2.26. The van der Waals surface area contributed by atoms with Crippen molar-refractivity contribution in [3.8, 4) is 0 Å². The second-order valence-electron chi connectivity index (χ2n) is 4.12. The second-order valence-corrected chi connectivity index (χ2v) is 4.12. The molecule has 1 unspecified atom stereocenters. The summed E-state index contributed by atoms with van der Waals surface area (Å²) in [7, 11) is 0. The van der Waals surface area contributed by atoms with Crippen LogP contribution >= 0.6 is 0 Å². The SMILES string of the molecule is CCN1CC2(CC2)CC1C(=O)O. The van der Waals surface area contributed by atoms with Gasteiger partial charge in [-0.25, -0.2) is 0 Å². The molecule has 68 valence electrons. The van der Waals surface area contributed by atoms with Crippen LogP contribution in [0, 0.1) is 5.41 Å². The number of aliphatic carboxylic acids is 1. The van der Waals surface area contributed by atoms with Crippen LogP contribution in [-0.2, 0) is 4.79 Å². The van der Waals surface area contributed by atoms with E-state index in [1.165, 1.54) is 12.8 Å². The second kappa shape index (κ2) is 2.46. The Balaban J connectivity index is 2.07. The van der Waals surface area contributed by atoms with E-state index < -0.39 is 5.97 Å². The molecule has 0 aromatic heterocycles. The molecule has 3 nitrogen and oxygen atoms in total. The molecule has 1 N–H and O–H groups in total. The number of likely N-dealkylation sites (tertiary alicyclic amines) is 1. The zero-order chi connectivity index (χ0) is 8.77. The molecular formula is C9H15NO2. The van der Waals surface area contributed by atoms with Crippen molar-refractivity contribution in [2.24, 2.45) is 5.41 Å². The molecule has 3 heteroatoms. The lowest BCUT2D eigenvalue weighted by molar-refractivity contribution is -0.142. The van der Waals surface area contributed by atoms with E-state index in [1.54, 1.807) is 0 Å². The van der Waals surface area contributed by atoms with E-state index in [4.69, 9.17) is 5.11 Å². The number of rotatable bonds is 2. The topological polar surface area (TPSA) is 40.5 Å². The fraction of sp³-hybridized carbons (Fsp3) is 0.889. The third-order valence-electron chi connectivity index (χ3n) is 3.25. The monoisotopic (exact) mass is 169 g/mol. The van der Waals surface area contributed by atoms with Gasteiger partial charge in [0.1, 0.15) is 6.04 Å². The van der Waals surface area contributed by atoms with Gasteiger partial charge in [0.25, 0.3) is 0 Å². The van der Waals surface area contributed by atoms with Crippen LogP contribution in [-0.4, -0.2) is 35.1 Å². The first kappa shape index (κ1) is 8.05. The standard InChI is InChI=1S/C9H15NO2/c1-2-10-6-9(3-4-9)5-7(10)8(11)12/h7H,2-6H2,1H3,(H,11,12). The molecule has 0 bridgehead atoms. The van der Waals surface area contributed by atoms with Gasteiger partial charge < -0.3 is 5.11 Å². The van der Waals surface area contributed by atoms with E-state index in [1.807, 2.05) is 6.92 Å². The van der Waals surface area contributed by atoms with Crippen molar-refractivity contribution in [2.45, 2.75) is 32.2 Å². The number of carboxylic acids is 1. The molecule has 1 atom stereocenters. The van der Waals surface area contributed by atoms with Crippen LogP contribution in [0.3, 0.4) is 0 Å². The molecule has 0 radical (unpaired) electrons. The van der Waals surface area contributed by atoms with Crippen LogP contribution in [0.2, 0.25) is 0 Å². The molecule has 12 heavy (non-hydrogen) atoms. The molecule has 2 fully saturated rings. The van der Waals surface area contributed by atoms with Crippen molar-refractivity contribution >= 4 is 5.97 Å². The van der Waals surface area contributed by atoms with Gasteiger partial charge in [0.15, 0.2) is 0 Å². The summed E-state index contributed by atoms with van der Waals surface area (Å²) >= 11 is 0. The molecule has 0 aromatic rings. The van der Waals surface area contributed by atoms with Crippen LogP contribution < -0.4 is 0 Å². The number of carboxylic acid groups (broad SMARTS) is 1. The molecule has 2 rings (SSSR count). The van der Waals surface area contributed by atoms with Crippen LogP contribution in [0.1, 0.15) is 26.2 Å². The molecule has 1 aliphatic heterocycles. The maximum absolute atomic E-state index is 10.8. The summed E-state index contributed by atoms with van der Waals surface area (Å²) in [6, 6.07) is -0.197. The number of likely N-dealkylation sites (N-methyl/N-ethyl adjacent to an activating group) is 1. The largest absolute Gasteiger partial charge is 0.480 e. The van der Waals surface area contributed by atoms with Gasteiger partial charge in [-0.05, 0) is 31.2 Å². The summed E-state index contributed by atoms with van der Waals surface area (Å²) in [6.07, 6.45) is 3.37. The van der Waals surface area contributed by atoms with E-state index in [2.05, 4.69) is 4.90 Å². The molecule has 1 saturated carbocycles. The smallest absolute Gasteiger partial charge is 0.320 e. The molecular weight excluding hydrogens is 154 g/mol. The number of hydrogen-bond acceptors (Lipinski definition) is 2. The fourth-order valence-electron chi connectivity index (χ4n) is 2.26. The van der Waals surface area contributed by atoms with Gasteiger partial charge in [0.2, 0.25) is 0 Å². The quantitative estimate of drug-likeness (QED) is 0.669. The van der Waals surface area contributed by atoms with E-state index in [0.717, 1.165) is 19.5 Å². The van der Waals surface area contributed by atoms with Gasteiger partial charge in [0.05, 0.1) is 0 Å². The van der Waals surface area contributed by atoms with E-state index in [9.17, 15) is 4.79 Å². The Kier molecular flexibility index (Phi) is 1.65. The molecule has 1 aliphatic carbocycles. The van der Waals surface area contributed by atoms with Gasteiger partial charge in [-0.3, -0.25) is 9.69 Å². The first-order valence-electron chi connectivity index (χ1n) is 4.64. The van der Waals surface area contributed by atoms with Crippen LogP contribution in [0.5, 0.6) is 0 Å². The summed E-state index contributed by atoms with van der Waals surface area (Å²) < 4.78 is 0. The highest BCUT2D eigenvalue weighted by atomic mass is 16.4. The van der Waals surface area contributed by atoms with Crippen LogP contribution in [0.15, 0.2) is 0 Å². The summed E-state index contributed by atoms with van der Waals surface area (Å²) in [5, 5.41) is 8.93.